The maximum absolute atomic E-state index is 12.7. The lowest BCUT2D eigenvalue weighted by atomic mass is 10.1. The molecular formula is C22H20N2O3S. The van der Waals surface area contributed by atoms with Crippen LogP contribution in [0.4, 0.5) is 0 Å². The van der Waals surface area contributed by atoms with E-state index in [9.17, 15) is 9.59 Å². The number of fused-ring (bicyclic) bond motifs is 2. The maximum Gasteiger partial charge on any atom is 0.349 e. The normalized spacial score (nSPS) is 12.1. The fourth-order valence-electron chi connectivity index (χ4n) is 3.18. The highest BCUT2D eigenvalue weighted by Gasteiger charge is 2.14. The van der Waals surface area contributed by atoms with E-state index in [0.717, 1.165) is 29.5 Å². The summed E-state index contributed by atoms with van der Waals surface area (Å²) in [5.74, 6) is -0.590. The highest BCUT2D eigenvalue weighted by molar-refractivity contribution is 7.16. The highest BCUT2D eigenvalue weighted by atomic mass is 32.1. The molecule has 0 N–H and O–H groups in total. The predicted molar refractivity (Wildman–Crippen MR) is 112 cm³/mol. The Bertz CT molecular complexity index is 1310. The molecule has 0 unspecified atom stereocenters. The smallest absolute Gasteiger partial charge is 0.349 e. The van der Waals surface area contributed by atoms with Crippen LogP contribution in [0.3, 0.4) is 0 Å². The Kier molecular flexibility index (Phi) is 4.96. The van der Waals surface area contributed by atoms with Crippen molar-refractivity contribution in [3.63, 3.8) is 0 Å². The van der Waals surface area contributed by atoms with Gasteiger partial charge in [0, 0.05) is 12.4 Å². The molecule has 0 spiro atoms. The molecule has 0 aliphatic heterocycles. The summed E-state index contributed by atoms with van der Waals surface area (Å²) in [6.07, 6.45) is 3.34. The van der Waals surface area contributed by atoms with E-state index in [-0.39, 0.29) is 5.56 Å². The van der Waals surface area contributed by atoms with Gasteiger partial charge in [-0.15, -0.1) is 0 Å². The summed E-state index contributed by atoms with van der Waals surface area (Å²) < 4.78 is 8.21. The van der Waals surface area contributed by atoms with Crippen molar-refractivity contribution in [3.05, 3.63) is 74.9 Å². The summed E-state index contributed by atoms with van der Waals surface area (Å²) in [5.41, 5.74) is 2.03. The number of benzene rings is 2. The second-order valence-electron chi connectivity index (χ2n) is 6.75. The average Bonchev–Trinajstić information content (AvgIpc) is 3.00. The van der Waals surface area contributed by atoms with Gasteiger partial charge in [0.1, 0.15) is 11.1 Å². The monoisotopic (exact) mass is 392 g/mol. The van der Waals surface area contributed by atoms with Gasteiger partial charge in [0.2, 0.25) is 0 Å². The van der Waals surface area contributed by atoms with Crippen LogP contribution >= 0.6 is 11.3 Å². The predicted octanol–water partition coefficient (Wildman–Crippen LogP) is 4.43. The lowest BCUT2D eigenvalue weighted by Gasteiger charge is -2.00. The number of amides is 1. The molecular weight excluding hydrogens is 372 g/mol. The summed E-state index contributed by atoms with van der Waals surface area (Å²) >= 11 is 1.45. The molecule has 0 atom stereocenters. The van der Waals surface area contributed by atoms with E-state index in [2.05, 4.69) is 30.1 Å². The fraction of sp³-hybridized carbons (Fsp3) is 0.227. The Morgan fingerprint density at radius 1 is 1.18 bits per heavy atom. The maximum atomic E-state index is 12.7. The van der Waals surface area contributed by atoms with Gasteiger partial charge in [-0.1, -0.05) is 48.9 Å². The molecule has 142 valence electrons. The third-order valence-corrected chi connectivity index (χ3v) is 5.86. The number of para-hydroxylation sites is 1. The second-order valence-corrected chi connectivity index (χ2v) is 7.76. The van der Waals surface area contributed by atoms with Gasteiger partial charge in [-0.2, -0.15) is 4.99 Å². The zero-order chi connectivity index (χ0) is 19.7. The zero-order valence-electron chi connectivity index (χ0n) is 15.8. The van der Waals surface area contributed by atoms with Crippen molar-refractivity contribution in [1.82, 2.24) is 4.57 Å². The molecule has 0 aliphatic carbocycles. The Morgan fingerprint density at radius 2 is 2.00 bits per heavy atom. The lowest BCUT2D eigenvalue weighted by molar-refractivity contribution is 0.0994. The topological polar surface area (TPSA) is 64.6 Å². The van der Waals surface area contributed by atoms with E-state index in [1.807, 2.05) is 17.7 Å². The van der Waals surface area contributed by atoms with Crippen LogP contribution in [0, 0.1) is 0 Å². The fourth-order valence-corrected chi connectivity index (χ4v) is 4.26. The minimum Gasteiger partial charge on any atom is -0.422 e. The molecule has 5 nitrogen and oxygen atoms in total. The van der Waals surface area contributed by atoms with Crippen LogP contribution in [0.15, 0.2) is 62.7 Å². The Morgan fingerprint density at radius 3 is 2.82 bits per heavy atom. The molecule has 2 aromatic heterocycles. The molecule has 28 heavy (non-hydrogen) atoms. The van der Waals surface area contributed by atoms with Crippen LogP contribution in [0.2, 0.25) is 0 Å². The number of aromatic nitrogens is 1. The van der Waals surface area contributed by atoms with Crippen LogP contribution in [-0.2, 0) is 13.5 Å². The van der Waals surface area contributed by atoms with Gasteiger partial charge >= 0.3 is 5.63 Å². The molecule has 0 aliphatic rings. The van der Waals surface area contributed by atoms with Gasteiger partial charge in [-0.05, 0) is 42.7 Å². The summed E-state index contributed by atoms with van der Waals surface area (Å²) in [6, 6.07) is 15.0. The zero-order valence-corrected chi connectivity index (χ0v) is 16.6. The number of hydrogen-bond donors (Lipinski definition) is 0. The number of carbonyl (C=O) groups excluding carboxylic acids is 1. The van der Waals surface area contributed by atoms with Gasteiger partial charge in [0.15, 0.2) is 4.80 Å². The minimum absolute atomic E-state index is 0.0557. The van der Waals surface area contributed by atoms with E-state index in [4.69, 9.17) is 4.42 Å². The van der Waals surface area contributed by atoms with E-state index in [1.54, 1.807) is 24.3 Å². The number of rotatable bonds is 4. The number of hydrogen-bond acceptors (Lipinski definition) is 4. The van der Waals surface area contributed by atoms with Crippen molar-refractivity contribution in [1.29, 1.82) is 0 Å². The standard InChI is InChI=1S/C22H20N2O3S/c1-3-4-7-14-10-11-17-19(12-14)28-22(24(17)2)23-20(25)16-13-15-8-5-6-9-18(15)27-21(16)26/h5-6,8-13H,3-4,7H2,1-2H3. The molecule has 6 heteroatoms. The molecule has 0 saturated carbocycles. The van der Waals surface area contributed by atoms with Crippen LogP contribution in [-0.4, -0.2) is 10.5 Å². The molecule has 0 bridgehead atoms. The summed E-state index contributed by atoms with van der Waals surface area (Å²) in [4.78, 5) is 29.7. The Balaban J connectivity index is 1.77. The van der Waals surface area contributed by atoms with Crippen molar-refractivity contribution < 1.29 is 9.21 Å². The molecule has 0 fully saturated rings. The largest absolute Gasteiger partial charge is 0.422 e. The van der Waals surface area contributed by atoms with Crippen molar-refractivity contribution in [2.24, 2.45) is 12.0 Å². The van der Waals surface area contributed by atoms with Crippen molar-refractivity contribution >= 4 is 38.4 Å². The van der Waals surface area contributed by atoms with E-state index in [1.165, 1.54) is 16.9 Å². The molecule has 0 saturated heterocycles. The SMILES string of the molecule is CCCCc1ccc2c(c1)sc(=NC(=O)c1cc3ccccc3oc1=O)n2C. The number of unbranched alkanes of at least 4 members (excludes halogenated alkanes) is 1. The summed E-state index contributed by atoms with van der Waals surface area (Å²) in [7, 11) is 1.87. The first-order valence-corrected chi connectivity index (χ1v) is 10.1. The first-order valence-electron chi connectivity index (χ1n) is 9.27. The van der Waals surface area contributed by atoms with Crippen LogP contribution < -0.4 is 10.4 Å². The molecule has 2 aromatic carbocycles. The molecule has 4 rings (SSSR count). The van der Waals surface area contributed by atoms with E-state index >= 15 is 0 Å². The van der Waals surface area contributed by atoms with Crippen LogP contribution in [0.25, 0.3) is 21.2 Å². The summed E-state index contributed by atoms with van der Waals surface area (Å²) in [6.45, 7) is 2.18. The van der Waals surface area contributed by atoms with Gasteiger partial charge in [0.25, 0.3) is 5.91 Å². The number of aryl methyl sites for hydroxylation is 2. The first kappa shape index (κ1) is 18.4. The van der Waals surface area contributed by atoms with Gasteiger partial charge in [0.05, 0.1) is 10.2 Å². The number of carbonyl (C=O) groups is 1. The van der Waals surface area contributed by atoms with Crippen molar-refractivity contribution in [2.45, 2.75) is 26.2 Å². The van der Waals surface area contributed by atoms with Gasteiger partial charge in [-0.3, -0.25) is 4.79 Å². The highest BCUT2D eigenvalue weighted by Crippen LogP contribution is 2.20. The number of nitrogens with zero attached hydrogens (tertiary/aromatic N) is 2. The van der Waals surface area contributed by atoms with Crippen LogP contribution in [0.1, 0.15) is 35.7 Å². The van der Waals surface area contributed by atoms with Gasteiger partial charge in [-0.25, -0.2) is 4.79 Å². The quantitative estimate of drug-likeness (QED) is 0.483. The first-order chi connectivity index (χ1) is 13.6. The lowest BCUT2D eigenvalue weighted by Crippen LogP contribution is -2.17. The van der Waals surface area contributed by atoms with E-state index in [0.29, 0.717) is 15.8 Å². The van der Waals surface area contributed by atoms with Crippen molar-refractivity contribution in [3.8, 4) is 0 Å². The second kappa shape index (κ2) is 7.56. The van der Waals surface area contributed by atoms with Crippen molar-refractivity contribution in [2.75, 3.05) is 0 Å². The Labute approximate surface area is 165 Å². The minimum atomic E-state index is -0.668. The average molecular weight is 392 g/mol. The number of thiazole rings is 1. The van der Waals surface area contributed by atoms with Gasteiger partial charge < -0.3 is 8.98 Å². The summed E-state index contributed by atoms with van der Waals surface area (Å²) in [5, 5.41) is 0.696. The third-order valence-electron chi connectivity index (χ3n) is 4.76. The third kappa shape index (κ3) is 3.43. The van der Waals surface area contributed by atoms with Crippen LogP contribution in [0.5, 0.6) is 0 Å². The molecule has 1 amide bonds. The van der Waals surface area contributed by atoms with E-state index < -0.39 is 11.5 Å². The Hall–Kier alpha value is -2.99. The molecule has 4 aromatic rings. The molecule has 0 radical (unpaired) electrons. The molecule has 2 heterocycles.